The molecule has 1 aromatic heterocycles. The van der Waals surface area contributed by atoms with Gasteiger partial charge in [0, 0.05) is 17.2 Å². The van der Waals surface area contributed by atoms with E-state index in [-0.39, 0.29) is 21.3 Å². The van der Waals surface area contributed by atoms with Crippen molar-refractivity contribution >= 4 is 35.0 Å². The molecule has 1 heterocycles. The van der Waals surface area contributed by atoms with E-state index in [1.807, 2.05) is 0 Å². The Morgan fingerprint density at radius 3 is 2.55 bits per heavy atom. The average Bonchev–Trinajstić information content (AvgIpc) is 2.41. The number of carbonyl (C=O) groups is 1. The smallest absolute Gasteiger partial charge is 0.335 e. The molecule has 2 rings (SSSR count). The van der Waals surface area contributed by atoms with Crippen molar-refractivity contribution in [3.63, 3.8) is 0 Å². The van der Waals surface area contributed by atoms with Crippen LogP contribution in [0.25, 0.3) is 0 Å². The van der Waals surface area contributed by atoms with E-state index in [1.165, 1.54) is 24.4 Å². The number of hydrogen-bond donors (Lipinski definition) is 1. The van der Waals surface area contributed by atoms with E-state index in [4.69, 9.17) is 16.7 Å². The topological polar surface area (TPSA) is 93.3 Å². The van der Waals surface area contributed by atoms with Crippen LogP contribution in [0, 0.1) is 10.1 Å². The van der Waals surface area contributed by atoms with Gasteiger partial charge in [0.1, 0.15) is 0 Å². The Labute approximate surface area is 122 Å². The first-order valence-electron chi connectivity index (χ1n) is 5.28. The average molecular weight is 311 g/mol. The van der Waals surface area contributed by atoms with Crippen molar-refractivity contribution in [2.24, 2.45) is 0 Å². The second-order valence-corrected chi connectivity index (χ2v) is 5.17. The number of aromatic nitrogens is 1. The third-order valence-electron chi connectivity index (χ3n) is 2.31. The number of aromatic carboxylic acids is 1. The third kappa shape index (κ3) is 3.25. The summed E-state index contributed by atoms with van der Waals surface area (Å²) in [5.74, 6) is -1.03. The highest BCUT2D eigenvalue weighted by atomic mass is 35.5. The van der Waals surface area contributed by atoms with Crippen molar-refractivity contribution in [1.29, 1.82) is 0 Å². The van der Waals surface area contributed by atoms with Crippen molar-refractivity contribution in [2.45, 2.75) is 9.92 Å². The fourth-order valence-electron chi connectivity index (χ4n) is 1.40. The number of hydrogen-bond acceptors (Lipinski definition) is 5. The highest BCUT2D eigenvalue weighted by Crippen LogP contribution is 2.34. The van der Waals surface area contributed by atoms with Crippen molar-refractivity contribution in [2.75, 3.05) is 0 Å². The minimum atomic E-state index is -1.03. The molecule has 0 saturated carbocycles. The summed E-state index contributed by atoms with van der Waals surface area (Å²) in [7, 11) is 0. The molecule has 0 fully saturated rings. The van der Waals surface area contributed by atoms with Crippen molar-refractivity contribution in [1.82, 2.24) is 4.98 Å². The van der Waals surface area contributed by atoms with E-state index in [2.05, 4.69) is 4.98 Å². The maximum atomic E-state index is 10.9. The zero-order valence-electron chi connectivity index (χ0n) is 9.82. The number of nitrogens with zero attached hydrogens (tertiary/aromatic N) is 2. The summed E-state index contributed by atoms with van der Waals surface area (Å²) in [5, 5.41) is 20.1. The summed E-state index contributed by atoms with van der Waals surface area (Å²) >= 11 is 6.75. The van der Waals surface area contributed by atoms with Gasteiger partial charge in [0.2, 0.25) is 0 Å². The third-order valence-corrected chi connectivity index (χ3v) is 3.53. The van der Waals surface area contributed by atoms with Gasteiger partial charge in [-0.05, 0) is 24.3 Å². The van der Waals surface area contributed by atoms with Gasteiger partial charge in [0.25, 0.3) is 0 Å². The predicted molar refractivity (Wildman–Crippen MR) is 73.4 cm³/mol. The predicted octanol–water partition coefficient (Wildman–Crippen LogP) is 3.49. The summed E-state index contributed by atoms with van der Waals surface area (Å²) in [5.41, 5.74) is -0.0438. The second-order valence-electron chi connectivity index (χ2n) is 3.67. The van der Waals surface area contributed by atoms with E-state index in [9.17, 15) is 14.9 Å². The first-order chi connectivity index (χ1) is 9.47. The molecule has 0 aliphatic rings. The molecular formula is C12H7ClN2O4S. The first kappa shape index (κ1) is 14.3. The Balaban J connectivity index is 2.30. The lowest BCUT2D eigenvalue weighted by atomic mass is 10.2. The highest BCUT2D eigenvalue weighted by molar-refractivity contribution is 7.99. The largest absolute Gasteiger partial charge is 0.478 e. The molecule has 0 spiro atoms. The molecule has 8 heteroatoms. The molecule has 0 amide bonds. The maximum Gasteiger partial charge on any atom is 0.335 e. The molecule has 20 heavy (non-hydrogen) atoms. The highest BCUT2D eigenvalue weighted by Gasteiger charge is 2.17. The zero-order valence-corrected chi connectivity index (χ0v) is 11.4. The fraction of sp³-hybridized carbons (Fsp3) is 0. The van der Waals surface area contributed by atoms with Gasteiger partial charge in [-0.1, -0.05) is 23.4 Å². The van der Waals surface area contributed by atoms with Gasteiger partial charge in [0.15, 0.2) is 5.03 Å². The van der Waals surface area contributed by atoms with Gasteiger partial charge >= 0.3 is 11.7 Å². The maximum absolute atomic E-state index is 10.9. The molecular weight excluding hydrogens is 304 g/mol. The lowest BCUT2D eigenvalue weighted by Gasteiger charge is -2.03. The molecule has 0 atom stereocenters. The number of nitro groups is 1. The quantitative estimate of drug-likeness (QED) is 0.686. The molecule has 2 aromatic rings. The Bertz CT molecular complexity index is 676. The van der Waals surface area contributed by atoms with E-state index < -0.39 is 10.9 Å². The van der Waals surface area contributed by atoms with Crippen LogP contribution in [0.2, 0.25) is 5.02 Å². The van der Waals surface area contributed by atoms with Crippen LogP contribution in [0.5, 0.6) is 0 Å². The van der Waals surface area contributed by atoms with Crippen LogP contribution in [-0.4, -0.2) is 21.0 Å². The number of halogens is 1. The van der Waals surface area contributed by atoms with Gasteiger partial charge in [-0.2, -0.15) is 0 Å². The van der Waals surface area contributed by atoms with Crippen LogP contribution in [0.1, 0.15) is 10.4 Å². The van der Waals surface area contributed by atoms with Crippen LogP contribution in [0.15, 0.2) is 46.5 Å². The van der Waals surface area contributed by atoms with Gasteiger partial charge < -0.3 is 5.11 Å². The summed E-state index contributed by atoms with van der Waals surface area (Å²) in [4.78, 5) is 25.7. The lowest BCUT2D eigenvalue weighted by Crippen LogP contribution is -1.95. The molecule has 1 aromatic carbocycles. The standard InChI is InChI=1S/C12H7ClN2O4S/c13-8-5-10(15(18)19)11(14-6-8)20-9-3-1-7(2-4-9)12(16)17/h1-6H,(H,16,17). The number of carboxylic acids is 1. The molecule has 6 nitrogen and oxygen atoms in total. The molecule has 0 aliphatic heterocycles. The van der Waals surface area contributed by atoms with Crippen molar-refractivity contribution in [3.8, 4) is 0 Å². The van der Waals surface area contributed by atoms with E-state index in [0.717, 1.165) is 11.8 Å². The summed E-state index contributed by atoms with van der Waals surface area (Å²) in [6, 6.07) is 7.20. The van der Waals surface area contributed by atoms with Crippen LogP contribution >= 0.6 is 23.4 Å². The summed E-state index contributed by atoms with van der Waals surface area (Å²) < 4.78 is 0. The Morgan fingerprint density at radius 1 is 1.35 bits per heavy atom. The Kier molecular flexibility index (Phi) is 4.21. The molecule has 0 saturated heterocycles. The van der Waals surface area contributed by atoms with Gasteiger partial charge in [0.05, 0.1) is 15.5 Å². The monoisotopic (exact) mass is 310 g/mol. The number of carboxylic acid groups (broad SMARTS) is 1. The Hall–Kier alpha value is -2.12. The Morgan fingerprint density at radius 2 is 2.00 bits per heavy atom. The molecule has 1 N–H and O–H groups in total. The summed E-state index contributed by atoms with van der Waals surface area (Å²) in [6.45, 7) is 0. The first-order valence-corrected chi connectivity index (χ1v) is 6.48. The molecule has 0 radical (unpaired) electrons. The van der Waals surface area contributed by atoms with E-state index in [0.29, 0.717) is 4.90 Å². The molecule has 0 aliphatic carbocycles. The lowest BCUT2D eigenvalue weighted by molar-refractivity contribution is -0.388. The van der Waals surface area contributed by atoms with Crippen molar-refractivity contribution in [3.05, 3.63) is 57.2 Å². The summed E-state index contributed by atoms with van der Waals surface area (Å²) in [6.07, 6.45) is 1.32. The number of pyridine rings is 1. The van der Waals surface area contributed by atoms with Crippen LogP contribution < -0.4 is 0 Å². The van der Waals surface area contributed by atoms with E-state index >= 15 is 0 Å². The normalized spacial score (nSPS) is 10.2. The minimum Gasteiger partial charge on any atom is -0.478 e. The van der Waals surface area contributed by atoms with Gasteiger partial charge in [-0.15, -0.1) is 0 Å². The van der Waals surface area contributed by atoms with Gasteiger partial charge in [-0.3, -0.25) is 10.1 Å². The van der Waals surface area contributed by atoms with E-state index in [1.54, 1.807) is 12.1 Å². The SMILES string of the molecule is O=C(O)c1ccc(Sc2ncc(Cl)cc2[N+](=O)[O-])cc1. The number of benzene rings is 1. The van der Waals surface area contributed by atoms with Crippen LogP contribution in [0.3, 0.4) is 0 Å². The molecule has 0 bridgehead atoms. The molecule has 0 unspecified atom stereocenters. The van der Waals surface area contributed by atoms with Crippen LogP contribution in [-0.2, 0) is 0 Å². The second kappa shape index (κ2) is 5.89. The minimum absolute atomic E-state index is 0.146. The van der Waals surface area contributed by atoms with Gasteiger partial charge in [-0.25, -0.2) is 9.78 Å². The zero-order chi connectivity index (χ0) is 14.7. The van der Waals surface area contributed by atoms with Crippen molar-refractivity contribution < 1.29 is 14.8 Å². The van der Waals surface area contributed by atoms with Crippen LogP contribution in [0.4, 0.5) is 5.69 Å². The fourth-order valence-corrected chi connectivity index (χ4v) is 2.39. The number of rotatable bonds is 4. The molecule has 102 valence electrons.